The van der Waals surface area contributed by atoms with E-state index in [9.17, 15) is 0 Å². The Hall–Kier alpha value is -2.77. The molecule has 0 aliphatic heterocycles. The van der Waals surface area contributed by atoms with Gasteiger partial charge >= 0.3 is 21.1 Å². The molecule has 0 unspecified atom stereocenters. The number of pyridine rings is 2. The number of hydrogen-bond donors (Lipinski definition) is 0. The minimum Gasteiger partial charge on any atom is -0.497 e. The normalized spacial score (nSPS) is 11.6. The van der Waals surface area contributed by atoms with E-state index in [1.54, 1.807) is 0 Å². The van der Waals surface area contributed by atoms with Gasteiger partial charge in [0.05, 0.1) is 0 Å². The van der Waals surface area contributed by atoms with Gasteiger partial charge in [0.2, 0.25) is 0 Å². The summed E-state index contributed by atoms with van der Waals surface area (Å²) in [5.74, 6) is 1.25. The predicted molar refractivity (Wildman–Crippen MR) is 134 cm³/mol. The second-order valence-electron chi connectivity index (χ2n) is 10.3. The fraction of sp³-hybridized carbons (Fsp3) is 0.267. The Kier molecular flexibility index (Phi) is 7.78. The first-order valence-corrected chi connectivity index (χ1v) is 11.3. The molecule has 0 saturated heterocycles. The largest absolute Gasteiger partial charge is 2.00 e. The van der Waals surface area contributed by atoms with E-state index < -0.39 is 0 Å². The van der Waals surface area contributed by atoms with Gasteiger partial charge in [-0.2, -0.15) is 0 Å². The van der Waals surface area contributed by atoms with Crippen molar-refractivity contribution in [1.29, 1.82) is 0 Å². The monoisotopic (exact) mass is 629 g/mol. The van der Waals surface area contributed by atoms with E-state index in [0.717, 1.165) is 22.5 Å². The average Bonchev–Trinajstić information content (AvgIpc) is 2.78. The van der Waals surface area contributed by atoms with Crippen LogP contribution >= 0.6 is 0 Å². The van der Waals surface area contributed by atoms with Crippen LogP contribution < -0.4 is 4.74 Å². The van der Waals surface area contributed by atoms with Crippen LogP contribution in [0, 0.1) is 12.1 Å². The quantitative estimate of drug-likeness (QED) is 0.216. The molecule has 176 valence electrons. The van der Waals surface area contributed by atoms with Crippen molar-refractivity contribution in [2.24, 2.45) is 0 Å². The zero-order valence-electron chi connectivity index (χ0n) is 20.5. The Labute approximate surface area is 217 Å². The van der Waals surface area contributed by atoms with E-state index in [0.29, 0.717) is 11.5 Å². The maximum atomic E-state index is 6.09. The summed E-state index contributed by atoms with van der Waals surface area (Å²) in [6.07, 6.45) is 3.87. The third kappa shape index (κ3) is 6.21. The Morgan fingerprint density at radius 1 is 0.588 bits per heavy atom. The summed E-state index contributed by atoms with van der Waals surface area (Å²) in [5.41, 5.74) is 6.07. The molecule has 0 saturated carbocycles. The van der Waals surface area contributed by atoms with E-state index in [4.69, 9.17) is 4.74 Å². The van der Waals surface area contributed by atoms with Crippen LogP contribution in [0.1, 0.15) is 52.7 Å². The third-order valence-electron chi connectivity index (χ3n) is 5.57. The molecule has 4 heteroatoms. The van der Waals surface area contributed by atoms with Gasteiger partial charge in [0.15, 0.2) is 0 Å². The molecule has 2 aromatic heterocycles. The summed E-state index contributed by atoms with van der Waals surface area (Å²) in [6, 6.07) is 26.7. The minimum atomic E-state index is 0. The molecule has 2 heterocycles. The van der Waals surface area contributed by atoms with Gasteiger partial charge < -0.3 is 14.7 Å². The number of rotatable bonds is 4. The Balaban J connectivity index is 0.00000324. The summed E-state index contributed by atoms with van der Waals surface area (Å²) in [5, 5.41) is 0. The van der Waals surface area contributed by atoms with E-state index >= 15 is 0 Å². The van der Waals surface area contributed by atoms with E-state index in [2.05, 4.69) is 75.8 Å². The number of aromatic nitrogens is 2. The summed E-state index contributed by atoms with van der Waals surface area (Å²) in [4.78, 5) is 9.28. The summed E-state index contributed by atoms with van der Waals surface area (Å²) in [7, 11) is 0. The van der Waals surface area contributed by atoms with Crippen molar-refractivity contribution >= 4 is 0 Å². The third-order valence-corrected chi connectivity index (χ3v) is 5.57. The van der Waals surface area contributed by atoms with Crippen molar-refractivity contribution in [2.45, 2.75) is 52.4 Å². The van der Waals surface area contributed by atoms with Crippen LogP contribution in [0.15, 0.2) is 73.1 Å². The van der Waals surface area contributed by atoms with Crippen molar-refractivity contribution in [3.63, 3.8) is 0 Å². The van der Waals surface area contributed by atoms with Gasteiger partial charge in [-0.05, 0) is 33.3 Å². The molecule has 4 rings (SSSR count). The van der Waals surface area contributed by atoms with Crippen LogP contribution in [0.2, 0.25) is 0 Å². The van der Waals surface area contributed by atoms with Crippen molar-refractivity contribution in [1.82, 2.24) is 9.97 Å². The first kappa shape index (κ1) is 25.8. The fourth-order valence-corrected chi connectivity index (χ4v) is 3.43. The van der Waals surface area contributed by atoms with E-state index in [1.165, 1.54) is 11.1 Å². The maximum Gasteiger partial charge on any atom is 2.00 e. The first-order chi connectivity index (χ1) is 15.6. The average molecular weight is 630 g/mol. The summed E-state index contributed by atoms with van der Waals surface area (Å²) >= 11 is 0. The molecule has 0 fully saturated rings. The molecule has 0 aliphatic carbocycles. The molecule has 2 aromatic carbocycles. The molecule has 0 aliphatic rings. The van der Waals surface area contributed by atoms with E-state index in [1.807, 2.05) is 60.9 Å². The summed E-state index contributed by atoms with van der Waals surface area (Å²) < 4.78 is 6.09. The Morgan fingerprint density at radius 2 is 1.00 bits per heavy atom. The molecule has 0 spiro atoms. The standard InChI is InChI=1S/C30H30N2O.Pt/c1-29(2,3)23-13-15-27(31-19-23)21-9-7-11-25(17-21)33-26-12-8-10-22(18-26)28-16-14-24(20-32-28)30(4,5)6;/h7-16,19-20H,1-6H3;/q-2;+2. The van der Waals surface area contributed by atoms with Crippen LogP contribution in [-0.2, 0) is 31.9 Å². The fourth-order valence-electron chi connectivity index (χ4n) is 3.43. The van der Waals surface area contributed by atoms with Gasteiger partial charge in [0.1, 0.15) is 0 Å². The first-order valence-electron chi connectivity index (χ1n) is 11.3. The molecule has 0 atom stereocenters. The molecular formula is C30H30N2OPt. The van der Waals surface area contributed by atoms with Crippen molar-refractivity contribution in [2.75, 3.05) is 0 Å². The van der Waals surface area contributed by atoms with Gasteiger partial charge in [-0.3, -0.25) is 0 Å². The van der Waals surface area contributed by atoms with Crippen LogP contribution in [0.4, 0.5) is 0 Å². The predicted octanol–water partition coefficient (Wildman–Crippen LogP) is 7.80. The topological polar surface area (TPSA) is 35.0 Å². The minimum absolute atomic E-state index is 0. The van der Waals surface area contributed by atoms with Crippen molar-refractivity contribution < 1.29 is 25.8 Å². The molecule has 0 bridgehead atoms. The molecule has 0 radical (unpaired) electrons. The van der Waals surface area contributed by atoms with Gasteiger partial charge in [-0.15, -0.1) is 47.5 Å². The number of ether oxygens (including phenoxy) is 1. The number of nitrogens with zero attached hydrogens (tertiary/aromatic N) is 2. The number of benzene rings is 2. The molecule has 4 aromatic rings. The van der Waals surface area contributed by atoms with Crippen molar-refractivity contribution in [3.05, 3.63) is 96.3 Å². The van der Waals surface area contributed by atoms with Crippen LogP contribution in [0.3, 0.4) is 0 Å². The van der Waals surface area contributed by atoms with Gasteiger partial charge in [0.25, 0.3) is 0 Å². The second-order valence-corrected chi connectivity index (χ2v) is 10.3. The molecule has 0 amide bonds. The van der Waals surface area contributed by atoms with Crippen LogP contribution in [0.5, 0.6) is 11.5 Å². The van der Waals surface area contributed by atoms with E-state index in [-0.39, 0.29) is 31.9 Å². The molecule has 0 N–H and O–H groups in total. The zero-order chi connectivity index (χ0) is 23.6. The Bertz CT molecular complexity index is 1140. The van der Waals surface area contributed by atoms with Crippen LogP contribution in [-0.4, -0.2) is 9.97 Å². The molecular weight excluding hydrogens is 599 g/mol. The van der Waals surface area contributed by atoms with Gasteiger partial charge in [0, 0.05) is 23.9 Å². The maximum absolute atomic E-state index is 6.09. The van der Waals surface area contributed by atoms with Crippen molar-refractivity contribution in [3.8, 4) is 34.0 Å². The number of hydrogen-bond acceptors (Lipinski definition) is 3. The van der Waals surface area contributed by atoms with Gasteiger partial charge in [-0.25, -0.2) is 0 Å². The zero-order valence-corrected chi connectivity index (χ0v) is 22.8. The second kappa shape index (κ2) is 10.2. The Morgan fingerprint density at radius 3 is 1.32 bits per heavy atom. The SMILES string of the molecule is CC(C)(C)c1ccc(-c2[c-]c(Oc3[c-]c(-c4ccc(C(C)(C)C)cn4)ccc3)ccc2)nc1.[Pt+2]. The molecule has 3 nitrogen and oxygen atoms in total. The molecule has 34 heavy (non-hydrogen) atoms. The summed E-state index contributed by atoms with van der Waals surface area (Å²) in [6.45, 7) is 13.1. The van der Waals surface area contributed by atoms with Gasteiger partial charge in [-0.1, -0.05) is 77.9 Å². The smallest absolute Gasteiger partial charge is 0.497 e. The van der Waals surface area contributed by atoms with Crippen LogP contribution in [0.25, 0.3) is 22.5 Å².